The van der Waals surface area contributed by atoms with Crippen molar-refractivity contribution < 1.29 is 9.59 Å². The Hall–Kier alpha value is -2.36. The van der Waals surface area contributed by atoms with Crippen LogP contribution in [0.5, 0.6) is 0 Å². The highest BCUT2D eigenvalue weighted by molar-refractivity contribution is 8.00. The number of thioether (sulfide) groups is 1. The number of ketones is 1. The third-order valence-corrected chi connectivity index (χ3v) is 4.98. The summed E-state index contributed by atoms with van der Waals surface area (Å²) in [7, 11) is 0. The Morgan fingerprint density at radius 2 is 2.20 bits per heavy atom. The van der Waals surface area contributed by atoms with Crippen molar-refractivity contribution in [3.8, 4) is 6.07 Å². The molecule has 0 fully saturated rings. The zero-order valence-corrected chi connectivity index (χ0v) is 14.8. The summed E-state index contributed by atoms with van der Waals surface area (Å²) >= 11 is 7.08. The number of hydrogen-bond donors (Lipinski definition) is 1. The number of nitrogens with zero attached hydrogens (tertiary/aromatic N) is 2. The number of amides is 1. The Balaban J connectivity index is 1.71. The van der Waals surface area contributed by atoms with Crippen molar-refractivity contribution in [2.45, 2.75) is 24.3 Å². The molecule has 5 nitrogen and oxygen atoms in total. The van der Waals surface area contributed by atoms with Gasteiger partial charge in [-0.1, -0.05) is 29.4 Å². The lowest BCUT2D eigenvalue weighted by Crippen LogP contribution is -2.16. The Labute approximate surface area is 154 Å². The summed E-state index contributed by atoms with van der Waals surface area (Å²) in [5.74, 6) is -0.0757. The number of hydrogen-bond acceptors (Lipinski definition) is 5. The number of nitriles is 1. The van der Waals surface area contributed by atoms with Gasteiger partial charge in [0.15, 0.2) is 5.78 Å². The Bertz CT molecular complexity index is 892. The molecule has 0 atom stereocenters. The smallest absolute Gasteiger partial charge is 0.234 e. The van der Waals surface area contributed by atoms with Crippen molar-refractivity contribution >= 4 is 40.7 Å². The molecule has 25 heavy (non-hydrogen) atoms. The van der Waals surface area contributed by atoms with Crippen LogP contribution in [-0.2, 0) is 11.2 Å². The van der Waals surface area contributed by atoms with Crippen LogP contribution in [0.2, 0.25) is 5.02 Å². The van der Waals surface area contributed by atoms with E-state index in [-0.39, 0.29) is 17.4 Å². The van der Waals surface area contributed by atoms with Gasteiger partial charge in [0.2, 0.25) is 5.91 Å². The minimum Gasteiger partial charge on any atom is -0.325 e. The first-order chi connectivity index (χ1) is 12.1. The Morgan fingerprint density at radius 3 is 2.96 bits per heavy atom. The molecule has 1 heterocycles. The average Bonchev–Trinajstić information content (AvgIpc) is 2.59. The van der Waals surface area contributed by atoms with Crippen LogP contribution in [0, 0.1) is 11.3 Å². The first kappa shape index (κ1) is 17.5. The monoisotopic (exact) mass is 371 g/mol. The molecular formula is C18H14ClN3O2S. The molecular weight excluding hydrogens is 358 g/mol. The van der Waals surface area contributed by atoms with E-state index >= 15 is 0 Å². The van der Waals surface area contributed by atoms with Gasteiger partial charge in [-0.05, 0) is 37.1 Å². The predicted molar refractivity (Wildman–Crippen MR) is 97.0 cm³/mol. The third-order valence-electron chi connectivity index (χ3n) is 3.75. The average molecular weight is 372 g/mol. The van der Waals surface area contributed by atoms with Crippen LogP contribution in [0.15, 0.2) is 35.4 Å². The summed E-state index contributed by atoms with van der Waals surface area (Å²) in [5.41, 5.74) is 2.20. The number of carbonyl (C=O) groups excluding carboxylic acids is 2. The molecule has 0 radical (unpaired) electrons. The van der Waals surface area contributed by atoms with Crippen molar-refractivity contribution in [3.05, 3.63) is 52.2 Å². The molecule has 1 aliphatic carbocycles. The number of rotatable bonds is 4. The van der Waals surface area contributed by atoms with E-state index in [0.717, 1.165) is 12.8 Å². The number of nitrogens with one attached hydrogen (secondary N) is 1. The van der Waals surface area contributed by atoms with Crippen LogP contribution in [0.1, 0.15) is 34.5 Å². The second-order valence-electron chi connectivity index (χ2n) is 5.57. The van der Waals surface area contributed by atoms with Crippen molar-refractivity contribution in [1.82, 2.24) is 4.98 Å². The van der Waals surface area contributed by atoms with Crippen LogP contribution in [0.25, 0.3) is 0 Å². The fraction of sp³-hybridized carbons (Fsp3) is 0.222. The second-order valence-corrected chi connectivity index (χ2v) is 6.97. The van der Waals surface area contributed by atoms with Crippen LogP contribution in [-0.4, -0.2) is 22.4 Å². The van der Waals surface area contributed by atoms with Gasteiger partial charge in [0, 0.05) is 22.7 Å². The summed E-state index contributed by atoms with van der Waals surface area (Å²) in [6.45, 7) is 0. The van der Waals surface area contributed by atoms with Crippen molar-refractivity contribution in [2.24, 2.45) is 0 Å². The van der Waals surface area contributed by atoms with Gasteiger partial charge in [-0.25, -0.2) is 4.98 Å². The molecule has 1 aromatic carbocycles. The number of halogens is 1. The summed E-state index contributed by atoms with van der Waals surface area (Å²) in [6.07, 6.45) is 1.98. The Morgan fingerprint density at radius 1 is 1.36 bits per heavy atom. The second kappa shape index (κ2) is 7.68. The molecule has 7 heteroatoms. The van der Waals surface area contributed by atoms with Crippen molar-refractivity contribution in [1.29, 1.82) is 5.26 Å². The molecule has 1 N–H and O–H groups in total. The first-order valence-electron chi connectivity index (χ1n) is 7.72. The van der Waals surface area contributed by atoms with E-state index in [4.69, 9.17) is 11.6 Å². The summed E-state index contributed by atoms with van der Waals surface area (Å²) in [6, 6.07) is 10.5. The molecule has 0 saturated carbocycles. The number of Topliss-reactive ketones (excluding diaryl/α,β-unsaturated/α-hetero) is 1. The lowest BCUT2D eigenvalue weighted by Gasteiger charge is -2.15. The Kier molecular flexibility index (Phi) is 5.37. The fourth-order valence-electron chi connectivity index (χ4n) is 2.60. The highest BCUT2D eigenvalue weighted by Gasteiger charge is 2.21. The van der Waals surface area contributed by atoms with E-state index in [1.807, 2.05) is 0 Å². The van der Waals surface area contributed by atoms with Crippen LogP contribution < -0.4 is 5.32 Å². The van der Waals surface area contributed by atoms with Crippen LogP contribution >= 0.6 is 23.4 Å². The number of benzene rings is 1. The molecule has 126 valence electrons. The lowest BCUT2D eigenvalue weighted by molar-refractivity contribution is -0.113. The van der Waals surface area contributed by atoms with E-state index in [2.05, 4.69) is 16.4 Å². The maximum absolute atomic E-state index is 12.1. The number of anilines is 1. The molecule has 0 bridgehead atoms. The zero-order valence-electron chi connectivity index (χ0n) is 13.2. The zero-order chi connectivity index (χ0) is 17.8. The van der Waals surface area contributed by atoms with Gasteiger partial charge in [0.25, 0.3) is 0 Å². The highest BCUT2D eigenvalue weighted by Crippen LogP contribution is 2.27. The van der Waals surface area contributed by atoms with Crippen LogP contribution in [0.4, 0.5) is 5.69 Å². The number of carbonyl (C=O) groups is 2. The maximum Gasteiger partial charge on any atom is 0.234 e. The molecule has 1 aliphatic rings. The summed E-state index contributed by atoms with van der Waals surface area (Å²) < 4.78 is 0. The van der Waals surface area contributed by atoms with Gasteiger partial charge in [0.1, 0.15) is 11.1 Å². The van der Waals surface area contributed by atoms with Gasteiger partial charge in [-0.2, -0.15) is 5.26 Å². The third kappa shape index (κ3) is 4.19. The molecule has 0 unspecified atom stereocenters. The van der Waals surface area contributed by atoms with E-state index in [1.54, 1.807) is 30.3 Å². The molecule has 2 aromatic rings. The first-order valence-corrected chi connectivity index (χ1v) is 9.08. The molecule has 1 aromatic heterocycles. The topological polar surface area (TPSA) is 82.8 Å². The molecule has 3 rings (SSSR count). The lowest BCUT2D eigenvalue weighted by atomic mass is 9.94. The largest absolute Gasteiger partial charge is 0.325 e. The van der Waals surface area contributed by atoms with E-state index in [9.17, 15) is 14.9 Å². The molecule has 0 saturated heterocycles. The number of fused-ring (bicyclic) bond motifs is 1. The quantitative estimate of drug-likeness (QED) is 0.825. The van der Waals surface area contributed by atoms with Gasteiger partial charge in [-0.15, -0.1) is 0 Å². The minimum atomic E-state index is -0.216. The summed E-state index contributed by atoms with van der Waals surface area (Å²) in [5, 5.41) is 13.1. The standard InChI is InChI=1S/C18H14ClN3O2S/c19-12-3-1-4-13(8-12)21-17(24)10-25-18-11(9-20)7-14-15(22-18)5-2-6-16(14)23/h1,3-4,7-8H,2,5-6,10H2,(H,21,24). The predicted octanol–water partition coefficient (Wildman–Crippen LogP) is 3.86. The van der Waals surface area contributed by atoms with E-state index in [0.29, 0.717) is 39.0 Å². The number of aromatic nitrogens is 1. The van der Waals surface area contributed by atoms with Gasteiger partial charge in [-0.3, -0.25) is 9.59 Å². The number of pyridine rings is 1. The maximum atomic E-state index is 12.1. The van der Waals surface area contributed by atoms with Gasteiger partial charge < -0.3 is 5.32 Å². The van der Waals surface area contributed by atoms with Crippen molar-refractivity contribution in [2.75, 3.05) is 11.1 Å². The molecule has 1 amide bonds. The summed E-state index contributed by atoms with van der Waals surface area (Å²) in [4.78, 5) is 28.5. The van der Waals surface area contributed by atoms with Crippen LogP contribution in [0.3, 0.4) is 0 Å². The highest BCUT2D eigenvalue weighted by atomic mass is 35.5. The van der Waals surface area contributed by atoms with E-state index in [1.165, 1.54) is 11.8 Å². The van der Waals surface area contributed by atoms with Gasteiger partial charge in [0.05, 0.1) is 17.0 Å². The minimum absolute atomic E-state index is 0.0282. The normalized spacial score (nSPS) is 13.0. The molecule has 0 aliphatic heterocycles. The molecule has 0 spiro atoms. The van der Waals surface area contributed by atoms with E-state index < -0.39 is 0 Å². The number of aryl methyl sites for hydroxylation is 1. The SMILES string of the molecule is N#Cc1cc2c(nc1SCC(=O)Nc1cccc(Cl)c1)CCCC2=O. The van der Waals surface area contributed by atoms with Crippen molar-refractivity contribution in [3.63, 3.8) is 0 Å². The van der Waals surface area contributed by atoms with Gasteiger partial charge >= 0.3 is 0 Å². The fourth-order valence-corrected chi connectivity index (χ4v) is 3.57.